The highest BCUT2D eigenvalue weighted by molar-refractivity contribution is 5.75. The number of aryl methyl sites for hydroxylation is 1. The lowest BCUT2D eigenvalue weighted by Gasteiger charge is -2.51. The Kier molecular flexibility index (Phi) is 4.66. The van der Waals surface area contributed by atoms with Crippen molar-refractivity contribution in [1.82, 2.24) is 4.90 Å². The third-order valence-electron chi connectivity index (χ3n) is 9.27. The Hall–Kier alpha value is -1.59. The molecule has 1 aromatic carbocycles. The molecular formula is C26H36N2O3. The molecule has 31 heavy (non-hydrogen) atoms. The summed E-state index contributed by atoms with van der Waals surface area (Å²) < 4.78 is 12.1. The number of nitrogens with zero attached hydrogens (tertiary/aromatic N) is 2. The first kappa shape index (κ1) is 20.0. The van der Waals surface area contributed by atoms with Crippen LogP contribution in [-0.4, -0.2) is 61.9 Å². The van der Waals surface area contributed by atoms with Crippen LogP contribution in [0.25, 0.3) is 0 Å². The van der Waals surface area contributed by atoms with E-state index in [1.54, 1.807) is 0 Å². The Morgan fingerprint density at radius 3 is 2.71 bits per heavy atom. The second kappa shape index (κ2) is 7.21. The van der Waals surface area contributed by atoms with Crippen molar-refractivity contribution >= 4 is 11.7 Å². The van der Waals surface area contributed by atoms with E-state index in [9.17, 15) is 4.79 Å². The molecule has 0 unspecified atom stereocenters. The van der Waals surface area contributed by atoms with Gasteiger partial charge in [0.15, 0.2) is 0 Å². The molecule has 1 spiro atoms. The lowest BCUT2D eigenvalue weighted by Crippen LogP contribution is -2.52. The number of ether oxygens (including phenoxy) is 2. The molecule has 3 aliphatic heterocycles. The number of anilines is 1. The van der Waals surface area contributed by atoms with E-state index in [0.717, 1.165) is 52.2 Å². The highest BCUT2D eigenvalue weighted by atomic mass is 16.6. The second-order valence-electron chi connectivity index (χ2n) is 11.2. The fourth-order valence-corrected chi connectivity index (χ4v) is 7.46. The van der Waals surface area contributed by atoms with Crippen molar-refractivity contribution in [2.75, 3.05) is 44.2 Å². The van der Waals surface area contributed by atoms with Gasteiger partial charge >= 0.3 is 5.97 Å². The summed E-state index contributed by atoms with van der Waals surface area (Å²) in [5, 5.41) is 0. The highest BCUT2D eigenvalue weighted by Crippen LogP contribution is 2.62. The van der Waals surface area contributed by atoms with Gasteiger partial charge in [-0.3, -0.25) is 9.69 Å². The molecule has 0 radical (unpaired) electrons. The molecule has 6 rings (SSSR count). The van der Waals surface area contributed by atoms with Crippen LogP contribution in [0.2, 0.25) is 0 Å². The van der Waals surface area contributed by atoms with Crippen LogP contribution in [0.5, 0.6) is 0 Å². The van der Waals surface area contributed by atoms with Gasteiger partial charge in [0.1, 0.15) is 6.10 Å². The number of epoxide rings is 1. The molecule has 5 heteroatoms. The van der Waals surface area contributed by atoms with Crippen LogP contribution in [0.1, 0.15) is 44.6 Å². The first-order valence-electron chi connectivity index (χ1n) is 12.3. The zero-order valence-corrected chi connectivity index (χ0v) is 19.0. The maximum Gasteiger partial charge on any atom is 0.310 e. The zero-order valence-electron chi connectivity index (χ0n) is 19.0. The average Bonchev–Trinajstić information content (AvgIpc) is 3.45. The van der Waals surface area contributed by atoms with Gasteiger partial charge in [-0.05, 0) is 68.1 Å². The van der Waals surface area contributed by atoms with Gasteiger partial charge in [0.25, 0.3) is 0 Å². The normalized spacial score (nSPS) is 42.3. The van der Waals surface area contributed by atoms with Gasteiger partial charge in [-0.15, -0.1) is 0 Å². The van der Waals surface area contributed by atoms with Crippen LogP contribution >= 0.6 is 0 Å². The van der Waals surface area contributed by atoms with Crippen molar-refractivity contribution in [3.05, 3.63) is 29.8 Å². The molecule has 0 aromatic heterocycles. The highest BCUT2D eigenvalue weighted by Gasteiger charge is 2.65. The van der Waals surface area contributed by atoms with Crippen LogP contribution < -0.4 is 4.90 Å². The van der Waals surface area contributed by atoms with Crippen LogP contribution in [0.4, 0.5) is 5.69 Å². The number of rotatable bonds is 3. The number of benzene rings is 1. The van der Waals surface area contributed by atoms with E-state index in [-0.39, 0.29) is 29.0 Å². The summed E-state index contributed by atoms with van der Waals surface area (Å²) in [5.74, 6) is 1.08. The van der Waals surface area contributed by atoms with Gasteiger partial charge in [0.05, 0.1) is 18.1 Å². The molecule has 5 fully saturated rings. The summed E-state index contributed by atoms with van der Waals surface area (Å²) in [7, 11) is 0. The standard InChI is InChI=1S/C26H36N2O3/c1-18-5-3-6-19(13-18)28-11-9-27(10-12-28)16-21-20-14-23-25(2,15-22(20)31-24(21)29)7-4-8-26(23)17-30-26/h3,5-6,13,20-23H,4,7-12,14-17H2,1-2H3/t20-,21-,22-,23-,25-,26-/m1/s1. The minimum atomic E-state index is 0.0396. The molecule has 3 heterocycles. The summed E-state index contributed by atoms with van der Waals surface area (Å²) in [6.07, 6.45) is 6.01. The summed E-state index contributed by atoms with van der Waals surface area (Å²) in [6.45, 7) is 10.5. The second-order valence-corrected chi connectivity index (χ2v) is 11.2. The maximum atomic E-state index is 12.9. The number of carbonyl (C=O) groups is 1. The Balaban J connectivity index is 1.12. The van der Waals surface area contributed by atoms with E-state index in [2.05, 4.69) is 47.9 Å². The molecule has 2 aliphatic carbocycles. The van der Waals surface area contributed by atoms with Crippen LogP contribution in [0.3, 0.4) is 0 Å². The van der Waals surface area contributed by atoms with Crippen molar-refractivity contribution in [2.24, 2.45) is 23.2 Å². The van der Waals surface area contributed by atoms with Crippen LogP contribution in [0, 0.1) is 30.1 Å². The summed E-state index contributed by atoms with van der Waals surface area (Å²) >= 11 is 0. The number of carbonyl (C=O) groups excluding carboxylic acids is 1. The predicted octanol–water partition coefficient (Wildman–Crippen LogP) is 3.64. The third kappa shape index (κ3) is 3.39. The van der Waals surface area contributed by atoms with Crippen molar-refractivity contribution in [2.45, 2.75) is 57.7 Å². The van der Waals surface area contributed by atoms with E-state index in [1.807, 2.05) is 0 Å². The van der Waals surface area contributed by atoms with E-state index in [4.69, 9.17) is 9.47 Å². The SMILES string of the molecule is Cc1cccc(N2CCN(C[C@H]3C(=O)O[C@@H]4C[C@@]5(C)CCC[C@@]6(CO6)[C@@H]5C[C@@H]43)CC2)c1. The molecule has 0 bridgehead atoms. The average molecular weight is 425 g/mol. The van der Waals surface area contributed by atoms with Gasteiger partial charge < -0.3 is 14.4 Å². The number of hydrogen-bond donors (Lipinski definition) is 0. The topological polar surface area (TPSA) is 45.3 Å². The smallest absolute Gasteiger partial charge is 0.310 e. The first-order chi connectivity index (χ1) is 15.0. The van der Waals surface area contributed by atoms with Crippen molar-refractivity contribution in [1.29, 1.82) is 0 Å². The minimum absolute atomic E-state index is 0.0396. The van der Waals surface area contributed by atoms with Gasteiger partial charge in [-0.2, -0.15) is 0 Å². The molecule has 3 saturated heterocycles. The summed E-state index contributed by atoms with van der Waals surface area (Å²) in [5.41, 5.74) is 3.04. The lowest BCUT2D eigenvalue weighted by atomic mass is 9.53. The van der Waals surface area contributed by atoms with E-state index < -0.39 is 0 Å². The number of esters is 1. The van der Waals surface area contributed by atoms with Crippen molar-refractivity contribution < 1.29 is 14.3 Å². The fourth-order valence-electron chi connectivity index (χ4n) is 7.46. The molecule has 0 N–H and O–H groups in total. The Morgan fingerprint density at radius 2 is 1.97 bits per heavy atom. The van der Waals surface area contributed by atoms with E-state index >= 15 is 0 Å². The quantitative estimate of drug-likeness (QED) is 0.548. The minimum Gasteiger partial charge on any atom is -0.462 e. The molecule has 2 saturated carbocycles. The maximum absolute atomic E-state index is 12.9. The fraction of sp³-hybridized carbons (Fsp3) is 0.731. The van der Waals surface area contributed by atoms with Crippen molar-refractivity contribution in [3.63, 3.8) is 0 Å². The molecule has 5 nitrogen and oxygen atoms in total. The third-order valence-corrected chi connectivity index (χ3v) is 9.27. The molecular weight excluding hydrogens is 388 g/mol. The number of piperazine rings is 1. The van der Waals surface area contributed by atoms with Gasteiger partial charge in [0, 0.05) is 44.3 Å². The monoisotopic (exact) mass is 424 g/mol. The largest absolute Gasteiger partial charge is 0.462 e. The summed E-state index contributed by atoms with van der Waals surface area (Å²) in [4.78, 5) is 17.9. The van der Waals surface area contributed by atoms with E-state index in [0.29, 0.717) is 11.8 Å². The van der Waals surface area contributed by atoms with Gasteiger partial charge in [0.2, 0.25) is 0 Å². The Labute approximate surface area is 186 Å². The molecule has 1 aromatic rings. The Bertz CT molecular complexity index is 860. The van der Waals surface area contributed by atoms with E-state index in [1.165, 1.54) is 30.5 Å². The Morgan fingerprint density at radius 1 is 1.16 bits per heavy atom. The van der Waals surface area contributed by atoms with Gasteiger partial charge in [-0.25, -0.2) is 0 Å². The number of hydrogen-bond acceptors (Lipinski definition) is 5. The van der Waals surface area contributed by atoms with Crippen LogP contribution in [0.15, 0.2) is 24.3 Å². The lowest BCUT2D eigenvalue weighted by molar-refractivity contribution is -0.147. The molecule has 0 amide bonds. The first-order valence-corrected chi connectivity index (χ1v) is 12.3. The molecule has 5 aliphatic rings. The molecule has 168 valence electrons. The van der Waals surface area contributed by atoms with Gasteiger partial charge in [-0.1, -0.05) is 19.1 Å². The van der Waals surface area contributed by atoms with Crippen LogP contribution in [-0.2, 0) is 14.3 Å². The zero-order chi connectivity index (χ0) is 21.2. The number of fused-ring (bicyclic) bond motifs is 3. The molecule has 6 atom stereocenters. The summed E-state index contributed by atoms with van der Waals surface area (Å²) in [6, 6.07) is 8.78. The van der Waals surface area contributed by atoms with Crippen molar-refractivity contribution in [3.8, 4) is 0 Å². The predicted molar refractivity (Wildman–Crippen MR) is 120 cm³/mol.